The van der Waals surface area contributed by atoms with E-state index in [4.69, 9.17) is 5.73 Å². The van der Waals surface area contributed by atoms with Crippen molar-refractivity contribution in [2.24, 2.45) is 11.1 Å². The van der Waals surface area contributed by atoms with E-state index < -0.39 is 0 Å². The first kappa shape index (κ1) is 14.0. The largest absolute Gasteiger partial charge is 0.354 e. The molecule has 0 saturated carbocycles. The van der Waals surface area contributed by atoms with Crippen LogP contribution in [0.5, 0.6) is 0 Å². The Kier molecular flexibility index (Phi) is 4.17. The van der Waals surface area contributed by atoms with Gasteiger partial charge in [-0.15, -0.1) is 0 Å². The van der Waals surface area contributed by atoms with Crippen molar-refractivity contribution in [3.8, 4) is 0 Å². The minimum absolute atomic E-state index is 0.0176. The molecule has 0 radical (unpaired) electrons. The third-order valence-corrected chi connectivity index (χ3v) is 3.43. The fourth-order valence-corrected chi connectivity index (χ4v) is 2.45. The Balaban J connectivity index is 2.19. The zero-order valence-corrected chi connectivity index (χ0v) is 11.6. The first-order valence-corrected chi connectivity index (χ1v) is 6.63. The molecule has 1 unspecified atom stereocenters. The lowest BCUT2D eigenvalue weighted by molar-refractivity contribution is -0.125. The molecule has 1 aliphatic heterocycles. The van der Waals surface area contributed by atoms with Crippen LogP contribution in [0.25, 0.3) is 0 Å². The summed E-state index contributed by atoms with van der Waals surface area (Å²) in [6.45, 7) is 6.79. The lowest BCUT2D eigenvalue weighted by Crippen LogP contribution is -2.48. The van der Waals surface area contributed by atoms with E-state index in [9.17, 15) is 4.79 Å². The maximum absolute atomic E-state index is 12.1. The van der Waals surface area contributed by atoms with Crippen molar-refractivity contribution in [3.63, 3.8) is 0 Å². The van der Waals surface area contributed by atoms with Crippen LogP contribution in [-0.2, 0) is 11.3 Å². The average molecular weight is 262 g/mol. The quantitative estimate of drug-likeness (QED) is 0.825. The lowest BCUT2D eigenvalue weighted by Gasteiger charge is -2.31. The Morgan fingerprint density at radius 2 is 2.32 bits per heavy atom. The molecule has 0 aliphatic carbocycles. The highest BCUT2D eigenvalue weighted by Gasteiger charge is 2.34. The summed E-state index contributed by atoms with van der Waals surface area (Å²) in [6, 6.07) is 5.55. The zero-order valence-electron chi connectivity index (χ0n) is 11.6. The highest BCUT2D eigenvalue weighted by molar-refractivity contribution is 5.82. The van der Waals surface area contributed by atoms with Crippen molar-refractivity contribution < 1.29 is 4.79 Å². The molecule has 5 heteroatoms. The lowest BCUT2D eigenvalue weighted by atomic mass is 9.93. The Hall–Kier alpha value is -1.46. The molecular formula is C14H22N4O. The van der Waals surface area contributed by atoms with Gasteiger partial charge in [-0.05, 0) is 17.5 Å². The van der Waals surface area contributed by atoms with Gasteiger partial charge in [0.15, 0.2) is 0 Å². The predicted octanol–water partition coefficient (Wildman–Crippen LogP) is 0.367. The Morgan fingerprint density at radius 3 is 2.95 bits per heavy atom. The van der Waals surface area contributed by atoms with E-state index in [1.807, 2.05) is 18.2 Å². The van der Waals surface area contributed by atoms with Crippen molar-refractivity contribution >= 4 is 5.91 Å². The molecular weight excluding hydrogens is 240 g/mol. The van der Waals surface area contributed by atoms with Gasteiger partial charge in [-0.2, -0.15) is 0 Å². The van der Waals surface area contributed by atoms with Crippen molar-refractivity contribution in [2.45, 2.75) is 26.4 Å². The summed E-state index contributed by atoms with van der Waals surface area (Å²) >= 11 is 0. The summed E-state index contributed by atoms with van der Waals surface area (Å²) in [7, 11) is 0. The minimum atomic E-state index is -0.274. The van der Waals surface area contributed by atoms with E-state index in [-0.39, 0.29) is 17.4 Å². The van der Waals surface area contributed by atoms with Gasteiger partial charge in [0.05, 0.1) is 5.69 Å². The zero-order chi connectivity index (χ0) is 13.9. The summed E-state index contributed by atoms with van der Waals surface area (Å²) in [4.78, 5) is 18.5. The first-order chi connectivity index (χ1) is 9.02. The van der Waals surface area contributed by atoms with Crippen LogP contribution in [0, 0.1) is 5.41 Å². The number of pyridine rings is 1. The summed E-state index contributed by atoms with van der Waals surface area (Å²) in [6.07, 6.45) is 1.77. The van der Waals surface area contributed by atoms with Gasteiger partial charge in [0, 0.05) is 32.4 Å². The molecule has 1 fully saturated rings. The van der Waals surface area contributed by atoms with Crippen molar-refractivity contribution in [3.05, 3.63) is 30.1 Å². The third-order valence-electron chi connectivity index (χ3n) is 3.43. The number of rotatable bonds is 3. The number of hydrogen-bond donors (Lipinski definition) is 2. The third kappa shape index (κ3) is 3.52. The summed E-state index contributed by atoms with van der Waals surface area (Å²) < 4.78 is 0. The topological polar surface area (TPSA) is 71.2 Å². The van der Waals surface area contributed by atoms with Gasteiger partial charge in [0.2, 0.25) is 5.91 Å². The SMILES string of the molecule is CC1(C)CNC(=O)C(CN)N(Cc2ccccn2)C1. The number of carbonyl (C=O) groups is 1. The molecule has 5 nitrogen and oxygen atoms in total. The fourth-order valence-electron chi connectivity index (χ4n) is 2.45. The maximum atomic E-state index is 12.1. The summed E-state index contributed by atoms with van der Waals surface area (Å²) in [5.41, 5.74) is 6.77. The second-order valence-electron chi connectivity index (χ2n) is 5.86. The van der Waals surface area contributed by atoms with Gasteiger partial charge < -0.3 is 11.1 Å². The Bertz CT molecular complexity index is 432. The van der Waals surface area contributed by atoms with Crippen molar-refractivity contribution in [1.82, 2.24) is 15.2 Å². The second-order valence-corrected chi connectivity index (χ2v) is 5.86. The molecule has 19 heavy (non-hydrogen) atoms. The fraction of sp³-hybridized carbons (Fsp3) is 0.571. The summed E-state index contributed by atoms with van der Waals surface area (Å²) in [5.74, 6) is 0.0176. The molecule has 0 aromatic carbocycles. The Labute approximate surface area is 114 Å². The molecule has 1 aromatic rings. The predicted molar refractivity (Wildman–Crippen MR) is 74.3 cm³/mol. The molecule has 2 heterocycles. The standard InChI is InChI=1S/C14H22N4O/c1-14(2)9-17-13(19)12(7-15)18(10-14)8-11-5-3-4-6-16-11/h3-6,12H,7-10,15H2,1-2H3,(H,17,19). The van der Waals surface area contributed by atoms with E-state index >= 15 is 0 Å². The van der Waals surface area contributed by atoms with Crippen LogP contribution >= 0.6 is 0 Å². The monoisotopic (exact) mass is 262 g/mol. The summed E-state index contributed by atoms with van der Waals surface area (Å²) in [5, 5.41) is 2.97. The van der Waals surface area contributed by atoms with Crippen LogP contribution in [0.15, 0.2) is 24.4 Å². The molecule has 1 amide bonds. The van der Waals surface area contributed by atoms with E-state index in [1.165, 1.54) is 0 Å². The van der Waals surface area contributed by atoms with Gasteiger partial charge >= 0.3 is 0 Å². The van der Waals surface area contributed by atoms with Crippen LogP contribution in [0.2, 0.25) is 0 Å². The molecule has 2 rings (SSSR count). The van der Waals surface area contributed by atoms with Crippen molar-refractivity contribution in [1.29, 1.82) is 0 Å². The molecule has 0 spiro atoms. The van der Waals surface area contributed by atoms with Crippen LogP contribution < -0.4 is 11.1 Å². The minimum Gasteiger partial charge on any atom is -0.354 e. The number of hydrogen-bond acceptors (Lipinski definition) is 4. The van der Waals surface area contributed by atoms with Gasteiger partial charge in [0.1, 0.15) is 6.04 Å². The normalized spacial score (nSPS) is 23.7. The Morgan fingerprint density at radius 1 is 1.53 bits per heavy atom. The van der Waals surface area contributed by atoms with Gasteiger partial charge in [0.25, 0.3) is 0 Å². The molecule has 1 aliphatic rings. The highest BCUT2D eigenvalue weighted by atomic mass is 16.2. The van der Waals surface area contributed by atoms with E-state index in [2.05, 4.69) is 29.0 Å². The van der Waals surface area contributed by atoms with E-state index in [0.29, 0.717) is 19.6 Å². The molecule has 1 saturated heterocycles. The van der Waals surface area contributed by atoms with Crippen LogP contribution in [0.1, 0.15) is 19.5 Å². The number of aromatic nitrogens is 1. The number of nitrogens with one attached hydrogen (secondary N) is 1. The number of nitrogens with two attached hydrogens (primary N) is 1. The molecule has 1 aromatic heterocycles. The van der Waals surface area contributed by atoms with Crippen molar-refractivity contribution in [2.75, 3.05) is 19.6 Å². The smallest absolute Gasteiger partial charge is 0.238 e. The maximum Gasteiger partial charge on any atom is 0.238 e. The van der Waals surface area contributed by atoms with Crippen LogP contribution in [0.3, 0.4) is 0 Å². The number of nitrogens with zero attached hydrogens (tertiary/aromatic N) is 2. The van der Waals surface area contributed by atoms with Gasteiger partial charge in [-0.1, -0.05) is 19.9 Å². The molecule has 0 bridgehead atoms. The van der Waals surface area contributed by atoms with Gasteiger partial charge in [-0.25, -0.2) is 0 Å². The first-order valence-electron chi connectivity index (χ1n) is 6.63. The number of carbonyl (C=O) groups excluding carboxylic acids is 1. The molecule has 1 atom stereocenters. The second kappa shape index (κ2) is 5.67. The van der Waals surface area contributed by atoms with Crippen LogP contribution in [-0.4, -0.2) is 41.5 Å². The average Bonchev–Trinajstić information content (AvgIpc) is 2.48. The van der Waals surface area contributed by atoms with Crippen LogP contribution in [0.4, 0.5) is 0 Å². The van der Waals surface area contributed by atoms with E-state index in [1.54, 1.807) is 6.20 Å². The number of amides is 1. The molecule has 3 N–H and O–H groups in total. The van der Waals surface area contributed by atoms with Gasteiger partial charge in [-0.3, -0.25) is 14.7 Å². The van der Waals surface area contributed by atoms with E-state index in [0.717, 1.165) is 12.2 Å². The molecule has 104 valence electrons. The highest BCUT2D eigenvalue weighted by Crippen LogP contribution is 2.21.